The molecule has 0 radical (unpaired) electrons. The molecule has 0 aliphatic carbocycles. The molecule has 2 aromatic rings. The van der Waals surface area contributed by atoms with Gasteiger partial charge in [0.1, 0.15) is 6.04 Å². The van der Waals surface area contributed by atoms with Crippen molar-refractivity contribution < 1.29 is 9.59 Å². The topological polar surface area (TPSA) is 49.4 Å². The van der Waals surface area contributed by atoms with Gasteiger partial charge < -0.3 is 10.2 Å². The molecule has 0 fully saturated rings. The average Bonchev–Trinajstić information content (AvgIpc) is 3.07. The Kier molecular flexibility index (Phi) is 6.80. The number of hydrogen-bond acceptors (Lipinski definition) is 3. The Morgan fingerprint density at radius 1 is 1.22 bits per heavy atom. The first-order valence-corrected chi connectivity index (χ1v) is 9.27. The Hall–Kier alpha value is -1.66. The van der Waals surface area contributed by atoms with E-state index in [-0.39, 0.29) is 17.1 Å². The van der Waals surface area contributed by atoms with Crippen molar-refractivity contribution in [2.75, 3.05) is 12.4 Å². The van der Waals surface area contributed by atoms with Crippen LogP contribution in [0.3, 0.4) is 0 Å². The van der Waals surface area contributed by atoms with Crippen LogP contribution in [0.5, 0.6) is 0 Å². The van der Waals surface area contributed by atoms with Gasteiger partial charge in [0.2, 0.25) is 11.8 Å². The van der Waals surface area contributed by atoms with E-state index in [4.69, 9.17) is 0 Å². The first-order valence-electron chi connectivity index (χ1n) is 7.26. The van der Waals surface area contributed by atoms with Gasteiger partial charge in [-0.1, -0.05) is 52.3 Å². The molecule has 1 unspecified atom stereocenters. The zero-order valence-electron chi connectivity index (χ0n) is 12.9. The third-order valence-electron chi connectivity index (χ3n) is 3.38. The first kappa shape index (κ1) is 17.7. The van der Waals surface area contributed by atoms with Crippen molar-refractivity contribution in [2.24, 2.45) is 0 Å². The number of alkyl halides is 1. The van der Waals surface area contributed by atoms with Crippen LogP contribution in [0, 0.1) is 0 Å². The van der Waals surface area contributed by atoms with E-state index in [1.54, 1.807) is 23.3 Å². The van der Waals surface area contributed by atoms with Gasteiger partial charge in [0, 0.05) is 24.9 Å². The van der Waals surface area contributed by atoms with Crippen molar-refractivity contribution in [1.82, 2.24) is 10.2 Å². The normalized spacial score (nSPS) is 11.7. The highest BCUT2D eigenvalue weighted by Crippen LogP contribution is 2.13. The molecule has 122 valence electrons. The van der Waals surface area contributed by atoms with Crippen molar-refractivity contribution in [3.05, 3.63) is 58.3 Å². The maximum absolute atomic E-state index is 12.7. The van der Waals surface area contributed by atoms with E-state index in [0.29, 0.717) is 13.0 Å². The minimum atomic E-state index is -0.549. The maximum atomic E-state index is 12.7. The molecule has 0 aliphatic heterocycles. The molecule has 2 rings (SSSR count). The fourth-order valence-electron chi connectivity index (χ4n) is 2.26. The molecular formula is C17H19BrN2O2S. The molecule has 1 aromatic heterocycles. The fourth-order valence-corrected chi connectivity index (χ4v) is 3.18. The van der Waals surface area contributed by atoms with E-state index in [1.807, 2.05) is 47.8 Å². The second-order valence-corrected chi connectivity index (χ2v) is 6.81. The molecule has 2 amide bonds. The molecular weight excluding hydrogens is 376 g/mol. The average molecular weight is 395 g/mol. The minimum absolute atomic E-state index is 0.0865. The number of nitrogens with one attached hydrogen (secondary N) is 1. The second-order valence-electron chi connectivity index (χ2n) is 5.22. The monoisotopic (exact) mass is 394 g/mol. The number of carbonyl (C=O) groups is 2. The Morgan fingerprint density at radius 2 is 1.96 bits per heavy atom. The second kappa shape index (κ2) is 8.84. The molecule has 1 aromatic carbocycles. The molecule has 0 saturated carbocycles. The van der Waals surface area contributed by atoms with E-state index in [2.05, 4.69) is 21.2 Å². The van der Waals surface area contributed by atoms with Crippen LogP contribution in [0.2, 0.25) is 0 Å². The first-order chi connectivity index (χ1) is 11.1. The highest BCUT2D eigenvalue weighted by Gasteiger charge is 2.24. The molecule has 0 aliphatic rings. The number of benzene rings is 1. The molecule has 6 heteroatoms. The van der Waals surface area contributed by atoms with E-state index in [1.165, 1.54) is 0 Å². The maximum Gasteiger partial charge on any atom is 0.245 e. The van der Waals surface area contributed by atoms with Crippen molar-refractivity contribution in [1.29, 1.82) is 0 Å². The quantitative estimate of drug-likeness (QED) is 0.733. The molecule has 1 N–H and O–H groups in total. The lowest BCUT2D eigenvalue weighted by atomic mass is 10.1. The van der Waals surface area contributed by atoms with Crippen LogP contribution < -0.4 is 5.32 Å². The van der Waals surface area contributed by atoms with E-state index < -0.39 is 6.04 Å². The van der Waals surface area contributed by atoms with E-state index in [0.717, 1.165) is 10.4 Å². The van der Waals surface area contributed by atoms with Gasteiger partial charge in [0.25, 0.3) is 0 Å². The number of hydrogen-bond donors (Lipinski definition) is 1. The Bertz CT molecular complexity index is 631. The number of amides is 2. The summed E-state index contributed by atoms with van der Waals surface area (Å²) < 4.78 is 0. The van der Waals surface area contributed by atoms with Gasteiger partial charge in [-0.2, -0.15) is 0 Å². The lowest BCUT2D eigenvalue weighted by molar-refractivity contribution is -0.135. The van der Waals surface area contributed by atoms with Gasteiger partial charge in [-0.25, -0.2) is 0 Å². The van der Waals surface area contributed by atoms with Crippen LogP contribution in [0.4, 0.5) is 0 Å². The summed E-state index contributed by atoms with van der Waals surface area (Å²) >= 11 is 4.71. The van der Waals surface area contributed by atoms with Crippen molar-refractivity contribution in [3.8, 4) is 0 Å². The summed E-state index contributed by atoms with van der Waals surface area (Å²) in [4.78, 5) is 27.2. The number of carbonyl (C=O) groups excluding carboxylic acids is 2. The number of halogens is 1. The summed E-state index contributed by atoms with van der Waals surface area (Å²) in [5.74, 6) is -0.274. The lowest BCUT2D eigenvalue weighted by Crippen LogP contribution is -2.48. The molecule has 1 atom stereocenters. The summed E-state index contributed by atoms with van der Waals surface area (Å²) in [5.41, 5.74) is 1.06. The Balaban J connectivity index is 2.06. The van der Waals surface area contributed by atoms with Crippen molar-refractivity contribution >= 4 is 39.1 Å². The number of likely N-dealkylation sites (N-methyl/N-ethyl adjacent to an activating group) is 1. The number of rotatable bonds is 7. The summed E-state index contributed by atoms with van der Waals surface area (Å²) in [6.07, 6.45) is 0.508. The van der Waals surface area contributed by atoms with Gasteiger partial charge in [-0.3, -0.25) is 9.59 Å². The minimum Gasteiger partial charge on any atom is -0.343 e. The molecule has 4 nitrogen and oxygen atoms in total. The molecule has 23 heavy (non-hydrogen) atoms. The van der Waals surface area contributed by atoms with Crippen LogP contribution in [-0.2, 0) is 22.6 Å². The highest BCUT2D eigenvalue weighted by molar-refractivity contribution is 9.09. The van der Waals surface area contributed by atoms with Gasteiger partial charge in [-0.05, 0) is 17.0 Å². The van der Waals surface area contributed by atoms with Gasteiger partial charge in [-0.15, -0.1) is 11.3 Å². The van der Waals surface area contributed by atoms with E-state index in [9.17, 15) is 9.59 Å². The predicted molar refractivity (Wildman–Crippen MR) is 96.7 cm³/mol. The van der Waals surface area contributed by atoms with Gasteiger partial charge >= 0.3 is 0 Å². The van der Waals surface area contributed by atoms with Crippen molar-refractivity contribution in [2.45, 2.75) is 19.0 Å². The van der Waals surface area contributed by atoms with Gasteiger partial charge in [0.05, 0.1) is 5.33 Å². The zero-order valence-corrected chi connectivity index (χ0v) is 15.3. The van der Waals surface area contributed by atoms with Gasteiger partial charge in [0.15, 0.2) is 0 Å². The third-order valence-corrected chi connectivity index (χ3v) is 4.79. The standard InChI is InChI=1S/C17H19BrN2O2S/c1-20(12-13-6-3-2-4-7-13)17(22)15(19-16(21)11-18)10-14-8-5-9-23-14/h2-9,15H,10-12H2,1H3,(H,19,21). The lowest BCUT2D eigenvalue weighted by Gasteiger charge is -2.24. The number of nitrogens with zero attached hydrogens (tertiary/aromatic N) is 1. The third kappa shape index (κ3) is 5.48. The Morgan fingerprint density at radius 3 is 2.57 bits per heavy atom. The van der Waals surface area contributed by atoms with Crippen molar-refractivity contribution in [3.63, 3.8) is 0 Å². The summed E-state index contributed by atoms with van der Waals surface area (Å²) in [6.45, 7) is 0.519. The summed E-state index contributed by atoms with van der Waals surface area (Å²) in [7, 11) is 1.76. The van der Waals surface area contributed by atoms with E-state index >= 15 is 0 Å². The summed E-state index contributed by atoms with van der Waals surface area (Å²) in [6, 6.07) is 13.2. The molecule has 0 spiro atoms. The largest absolute Gasteiger partial charge is 0.343 e. The fraction of sp³-hybridized carbons (Fsp3) is 0.294. The highest BCUT2D eigenvalue weighted by atomic mass is 79.9. The zero-order chi connectivity index (χ0) is 16.7. The SMILES string of the molecule is CN(Cc1ccccc1)C(=O)C(Cc1cccs1)NC(=O)CBr. The smallest absolute Gasteiger partial charge is 0.245 e. The van der Waals surface area contributed by atoms with Crippen LogP contribution in [0.25, 0.3) is 0 Å². The molecule has 0 saturated heterocycles. The molecule has 1 heterocycles. The van der Waals surface area contributed by atoms with Crippen LogP contribution in [0.1, 0.15) is 10.4 Å². The van der Waals surface area contributed by atoms with Crippen LogP contribution >= 0.6 is 27.3 Å². The van der Waals surface area contributed by atoms with Crippen LogP contribution in [0.15, 0.2) is 47.8 Å². The summed E-state index contributed by atoms with van der Waals surface area (Å²) in [5, 5.41) is 4.95. The molecule has 0 bridgehead atoms. The predicted octanol–water partition coefficient (Wildman–Crippen LogP) is 2.83. The Labute approximate surface area is 148 Å². The number of thiophene rings is 1. The van der Waals surface area contributed by atoms with Crippen LogP contribution in [-0.4, -0.2) is 35.1 Å².